The number of carbonyl (C=O) groups is 2. The molecule has 1 aromatic heterocycles. The summed E-state index contributed by atoms with van der Waals surface area (Å²) in [5.74, 6) is -1.17. The van der Waals surface area contributed by atoms with E-state index in [1.165, 1.54) is 23.1 Å². The molecule has 0 saturated carbocycles. The molecule has 0 spiro atoms. The van der Waals surface area contributed by atoms with Crippen LogP contribution in [0, 0.1) is 5.82 Å². The van der Waals surface area contributed by atoms with Crippen LogP contribution in [0.15, 0.2) is 69.8 Å². The van der Waals surface area contributed by atoms with E-state index in [9.17, 15) is 14.0 Å². The standard InChI is InChI=1S/C19H14BrFN2O3/c1-23(19(25)16-9-10-17(20)26-16)15-8-3-2-7-14(15)18(24)22-13-6-4-5-12(21)11-13/h2-11H,1H3,(H,22,24). The maximum absolute atomic E-state index is 13.3. The van der Waals surface area contributed by atoms with Gasteiger partial charge in [-0.3, -0.25) is 9.59 Å². The molecule has 26 heavy (non-hydrogen) atoms. The first kappa shape index (κ1) is 17.9. The molecule has 1 N–H and O–H groups in total. The number of hydrogen-bond donors (Lipinski definition) is 1. The molecule has 0 aliphatic carbocycles. The van der Waals surface area contributed by atoms with Crippen LogP contribution >= 0.6 is 15.9 Å². The van der Waals surface area contributed by atoms with E-state index in [1.807, 2.05) is 0 Å². The number of nitrogens with zero attached hydrogens (tertiary/aromatic N) is 1. The van der Waals surface area contributed by atoms with Crippen LogP contribution in [0.1, 0.15) is 20.9 Å². The summed E-state index contributed by atoms with van der Waals surface area (Å²) in [5.41, 5.74) is 1.01. The lowest BCUT2D eigenvalue weighted by molar-refractivity contribution is 0.0965. The summed E-state index contributed by atoms with van der Waals surface area (Å²) in [7, 11) is 1.55. The summed E-state index contributed by atoms with van der Waals surface area (Å²) in [6.07, 6.45) is 0. The third-order valence-corrected chi connectivity index (χ3v) is 4.11. The monoisotopic (exact) mass is 416 g/mol. The average molecular weight is 417 g/mol. The van der Waals surface area contributed by atoms with Crippen LogP contribution in [0.5, 0.6) is 0 Å². The molecule has 0 bridgehead atoms. The van der Waals surface area contributed by atoms with Crippen LogP contribution in [-0.2, 0) is 0 Å². The molecule has 0 fully saturated rings. The molecule has 0 aliphatic heterocycles. The van der Waals surface area contributed by atoms with Gasteiger partial charge in [0.2, 0.25) is 0 Å². The highest BCUT2D eigenvalue weighted by atomic mass is 79.9. The van der Waals surface area contributed by atoms with Crippen LogP contribution in [0.3, 0.4) is 0 Å². The minimum atomic E-state index is -0.452. The molecule has 1 heterocycles. The van der Waals surface area contributed by atoms with Crippen molar-refractivity contribution in [1.29, 1.82) is 0 Å². The molecule has 0 atom stereocenters. The number of anilines is 2. The number of halogens is 2. The average Bonchev–Trinajstić information content (AvgIpc) is 3.07. The van der Waals surface area contributed by atoms with E-state index in [4.69, 9.17) is 4.42 Å². The van der Waals surface area contributed by atoms with E-state index in [2.05, 4.69) is 21.2 Å². The zero-order valence-corrected chi connectivity index (χ0v) is 15.3. The highest BCUT2D eigenvalue weighted by molar-refractivity contribution is 9.10. The van der Waals surface area contributed by atoms with Crippen LogP contribution in [0.25, 0.3) is 0 Å². The van der Waals surface area contributed by atoms with Gasteiger partial charge in [-0.05, 0) is 58.4 Å². The molecule has 0 aliphatic rings. The molecule has 3 rings (SSSR count). The molecule has 132 valence electrons. The van der Waals surface area contributed by atoms with Crippen molar-refractivity contribution in [1.82, 2.24) is 0 Å². The van der Waals surface area contributed by atoms with Crippen molar-refractivity contribution in [3.8, 4) is 0 Å². The summed E-state index contributed by atoms with van der Waals surface area (Å²) < 4.78 is 19.0. The molecule has 2 aromatic carbocycles. The van der Waals surface area contributed by atoms with Gasteiger partial charge in [0.05, 0.1) is 11.3 Å². The first-order chi connectivity index (χ1) is 12.5. The number of amides is 2. The van der Waals surface area contributed by atoms with E-state index < -0.39 is 17.6 Å². The van der Waals surface area contributed by atoms with Gasteiger partial charge in [-0.1, -0.05) is 18.2 Å². The summed E-state index contributed by atoms with van der Waals surface area (Å²) >= 11 is 3.15. The van der Waals surface area contributed by atoms with E-state index in [0.29, 0.717) is 16.0 Å². The fourth-order valence-electron chi connectivity index (χ4n) is 2.43. The summed E-state index contributed by atoms with van der Waals surface area (Å²) in [6, 6.07) is 15.4. The van der Waals surface area contributed by atoms with Gasteiger partial charge >= 0.3 is 0 Å². The normalized spacial score (nSPS) is 10.4. The Hall–Kier alpha value is -2.93. The number of hydrogen-bond acceptors (Lipinski definition) is 3. The summed E-state index contributed by atoms with van der Waals surface area (Å²) in [6.45, 7) is 0. The first-order valence-electron chi connectivity index (χ1n) is 7.65. The summed E-state index contributed by atoms with van der Waals surface area (Å²) in [5, 5.41) is 2.63. The minimum Gasteiger partial charge on any atom is -0.444 e. The zero-order valence-electron chi connectivity index (χ0n) is 13.7. The quantitative estimate of drug-likeness (QED) is 0.669. The van der Waals surface area contributed by atoms with Gasteiger partial charge in [-0.25, -0.2) is 4.39 Å². The fourth-order valence-corrected chi connectivity index (χ4v) is 2.73. The number of benzene rings is 2. The largest absolute Gasteiger partial charge is 0.444 e. The molecule has 0 saturated heterocycles. The zero-order chi connectivity index (χ0) is 18.7. The lowest BCUT2D eigenvalue weighted by Crippen LogP contribution is -2.28. The van der Waals surface area contributed by atoms with Gasteiger partial charge in [0.15, 0.2) is 10.4 Å². The van der Waals surface area contributed by atoms with Crippen molar-refractivity contribution in [3.05, 3.63) is 82.5 Å². The van der Waals surface area contributed by atoms with Crippen LogP contribution in [0.4, 0.5) is 15.8 Å². The highest BCUT2D eigenvalue weighted by Crippen LogP contribution is 2.24. The van der Waals surface area contributed by atoms with E-state index >= 15 is 0 Å². The molecule has 0 radical (unpaired) electrons. The number of furan rings is 1. The maximum Gasteiger partial charge on any atom is 0.293 e. The highest BCUT2D eigenvalue weighted by Gasteiger charge is 2.22. The van der Waals surface area contributed by atoms with Crippen molar-refractivity contribution >= 4 is 39.1 Å². The lowest BCUT2D eigenvalue weighted by Gasteiger charge is -2.19. The van der Waals surface area contributed by atoms with E-state index in [0.717, 1.165) is 0 Å². The number of nitrogens with one attached hydrogen (secondary N) is 1. The Bertz CT molecular complexity index is 971. The van der Waals surface area contributed by atoms with Crippen LogP contribution < -0.4 is 10.2 Å². The topological polar surface area (TPSA) is 62.6 Å². The molecular formula is C19H14BrFN2O3. The first-order valence-corrected chi connectivity index (χ1v) is 8.44. The van der Waals surface area contributed by atoms with Crippen molar-refractivity contribution < 1.29 is 18.4 Å². The molecular weight excluding hydrogens is 403 g/mol. The molecule has 5 nitrogen and oxygen atoms in total. The fraction of sp³-hybridized carbons (Fsp3) is 0.0526. The third kappa shape index (κ3) is 3.83. The second-order valence-corrected chi connectivity index (χ2v) is 6.23. The van der Waals surface area contributed by atoms with Gasteiger partial charge in [-0.2, -0.15) is 0 Å². The maximum atomic E-state index is 13.3. The van der Waals surface area contributed by atoms with Crippen LogP contribution in [0.2, 0.25) is 0 Å². The summed E-state index contributed by atoms with van der Waals surface area (Å²) in [4.78, 5) is 26.5. The van der Waals surface area contributed by atoms with Crippen molar-refractivity contribution in [3.63, 3.8) is 0 Å². The Balaban J connectivity index is 1.87. The molecule has 3 aromatic rings. The van der Waals surface area contributed by atoms with Gasteiger partial charge in [0.1, 0.15) is 5.82 Å². The van der Waals surface area contributed by atoms with Crippen molar-refractivity contribution in [2.24, 2.45) is 0 Å². The number of para-hydroxylation sites is 1. The molecule has 0 unspecified atom stereocenters. The van der Waals surface area contributed by atoms with Gasteiger partial charge in [0, 0.05) is 12.7 Å². The predicted molar refractivity (Wildman–Crippen MR) is 99.9 cm³/mol. The van der Waals surface area contributed by atoms with E-state index in [1.54, 1.807) is 49.5 Å². The number of rotatable bonds is 4. The predicted octanol–water partition coefficient (Wildman–Crippen LogP) is 4.71. The second kappa shape index (κ2) is 7.53. The SMILES string of the molecule is CN(C(=O)c1ccc(Br)o1)c1ccccc1C(=O)Nc1cccc(F)c1. The Kier molecular flexibility index (Phi) is 5.18. The van der Waals surface area contributed by atoms with Crippen LogP contribution in [-0.4, -0.2) is 18.9 Å². The number of carbonyl (C=O) groups excluding carboxylic acids is 2. The Morgan fingerprint density at radius 1 is 1.08 bits per heavy atom. The van der Waals surface area contributed by atoms with Gasteiger partial charge < -0.3 is 14.6 Å². The minimum absolute atomic E-state index is 0.139. The van der Waals surface area contributed by atoms with Crippen molar-refractivity contribution in [2.45, 2.75) is 0 Å². The van der Waals surface area contributed by atoms with Gasteiger partial charge in [0.25, 0.3) is 11.8 Å². The third-order valence-electron chi connectivity index (χ3n) is 3.68. The van der Waals surface area contributed by atoms with Gasteiger partial charge in [-0.15, -0.1) is 0 Å². The Labute approximate surface area is 157 Å². The van der Waals surface area contributed by atoms with Crippen molar-refractivity contribution in [2.75, 3.05) is 17.3 Å². The Morgan fingerprint density at radius 2 is 1.85 bits per heavy atom. The lowest BCUT2D eigenvalue weighted by atomic mass is 10.1. The van der Waals surface area contributed by atoms with E-state index in [-0.39, 0.29) is 11.3 Å². The molecule has 2 amide bonds. The second-order valence-electron chi connectivity index (χ2n) is 5.45. The Morgan fingerprint density at radius 3 is 2.54 bits per heavy atom. The smallest absolute Gasteiger partial charge is 0.293 e. The molecule has 7 heteroatoms.